The molecule has 122 valence electrons. The largest absolute Gasteiger partial charge is 0.497 e. The molecule has 0 aliphatic heterocycles. The Morgan fingerprint density at radius 1 is 1.04 bits per heavy atom. The van der Waals surface area contributed by atoms with Crippen LogP contribution in [0.3, 0.4) is 0 Å². The summed E-state index contributed by atoms with van der Waals surface area (Å²) in [6.07, 6.45) is 0. The van der Waals surface area contributed by atoms with Gasteiger partial charge in [-0.1, -0.05) is 56.3 Å². The first kappa shape index (κ1) is 17.3. The molecule has 0 unspecified atom stereocenters. The van der Waals surface area contributed by atoms with Crippen LogP contribution in [0.4, 0.5) is 0 Å². The number of hydrogen-bond donors (Lipinski definition) is 2. The van der Waals surface area contributed by atoms with E-state index in [-0.39, 0.29) is 6.04 Å². The van der Waals surface area contributed by atoms with Crippen LogP contribution in [0.15, 0.2) is 54.6 Å². The van der Waals surface area contributed by atoms with Crippen molar-refractivity contribution in [3.63, 3.8) is 0 Å². The van der Waals surface area contributed by atoms with Gasteiger partial charge in [0.1, 0.15) is 5.75 Å². The van der Waals surface area contributed by atoms with Crippen molar-refractivity contribution in [3.05, 3.63) is 65.7 Å². The third-order valence-electron chi connectivity index (χ3n) is 3.72. The van der Waals surface area contributed by atoms with Gasteiger partial charge in [0.15, 0.2) is 5.11 Å². The molecule has 2 N–H and O–H groups in total. The molecular weight excluding hydrogens is 304 g/mol. The summed E-state index contributed by atoms with van der Waals surface area (Å²) in [5.41, 5.74) is 2.41. The maximum absolute atomic E-state index is 5.45. The molecule has 4 heteroatoms. The molecule has 23 heavy (non-hydrogen) atoms. The molecule has 0 saturated carbocycles. The second-order valence-corrected chi connectivity index (χ2v) is 6.22. The summed E-state index contributed by atoms with van der Waals surface area (Å²) >= 11 is 5.45. The Balaban J connectivity index is 1.91. The monoisotopic (exact) mass is 328 g/mol. The van der Waals surface area contributed by atoms with Crippen molar-refractivity contribution in [1.82, 2.24) is 10.6 Å². The van der Waals surface area contributed by atoms with E-state index in [1.54, 1.807) is 7.11 Å². The second kappa shape index (κ2) is 8.53. The predicted octanol–water partition coefficient (Wildman–Crippen LogP) is 4.06. The van der Waals surface area contributed by atoms with Crippen LogP contribution in [-0.2, 0) is 6.54 Å². The molecule has 0 aromatic heterocycles. The number of benzene rings is 2. The Hall–Kier alpha value is -2.07. The minimum Gasteiger partial charge on any atom is -0.497 e. The van der Waals surface area contributed by atoms with Gasteiger partial charge in [0, 0.05) is 6.54 Å². The lowest BCUT2D eigenvalue weighted by Gasteiger charge is -2.24. The molecule has 0 saturated heterocycles. The second-order valence-electron chi connectivity index (χ2n) is 5.81. The van der Waals surface area contributed by atoms with Crippen molar-refractivity contribution in [3.8, 4) is 5.75 Å². The number of thiocarbonyl (C=S) groups is 1. The standard InChI is InChI=1S/C19H24N2OS/c1-14(2)18(16-7-5-4-6-8-16)21-19(23)20-13-15-9-11-17(22-3)12-10-15/h4-12,14,18H,13H2,1-3H3,(H2,20,21,23)/t18-/m1/s1. The summed E-state index contributed by atoms with van der Waals surface area (Å²) in [6, 6.07) is 18.6. The summed E-state index contributed by atoms with van der Waals surface area (Å²) in [7, 11) is 1.67. The van der Waals surface area contributed by atoms with Gasteiger partial charge < -0.3 is 15.4 Å². The topological polar surface area (TPSA) is 33.3 Å². The molecule has 1 atom stereocenters. The fourth-order valence-electron chi connectivity index (χ4n) is 2.41. The van der Waals surface area contributed by atoms with Gasteiger partial charge in [-0.3, -0.25) is 0 Å². The molecule has 3 nitrogen and oxygen atoms in total. The number of hydrogen-bond acceptors (Lipinski definition) is 2. The van der Waals surface area contributed by atoms with Gasteiger partial charge >= 0.3 is 0 Å². The number of methoxy groups -OCH3 is 1. The third-order valence-corrected chi connectivity index (χ3v) is 3.99. The van der Waals surface area contributed by atoms with Crippen LogP contribution in [0.1, 0.15) is 31.0 Å². The zero-order valence-corrected chi connectivity index (χ0v) is 14.7. The van der Waals surface area contributed by atoms with Crippen LogP contribution < -0.4 is 15.4 Å². The van der Waals surface area contributed by atoms with Gasteiger partial charge in [0.2, 0.25) is 0 Å². The molecule has 2 rings (SSSR count). The van der Waals surface area contributed by atoms with E-state index >= 15 is 0 Å². The summed E-state index contributed by atoms with van der Waals surface area (Å²) in [6.45, 7) is 5.07. The van der Waals surface area contributed by atoms with E-state index in [9.17, 15) is 0 Å². The Morgan fingerprint density at radius 3 is 2.26 bits per heavy atom. The molecule has 0 aliphatic rings. The molecule has 0 fully saturated rings. The zero-order chi connectivity index (χ0) is 16.7. The molecule has 0 spiro atoms. The lowest BCUT2D eigenvalue weighted by atomic mass is 9.96. The van der Waals surface area contributed by atoms with Crippen LogP contribution >= 0.6 is 12.2 Å². The van der Waals surface area contributed by atoms with Gasteiger partial charge in [-0.05, 0) is 41.4 Å². The van der Waals surface area contributed by atoms with E-state index in [2.05, 4.69) is 48.7 Å². The highest BCUT2D eigenvalue weighted by atomic mass is 32.1. The summed E-state index contributed by atoms with van der Waals surface area (Å²) < 4.78 is 5.16. The van der Waals surface area contributed by atoms with Crippen LogP contribution in [-0.4, -0.2) is 12.2 Å². The fourth-order valence-corrected chi connectivity index (χ4v) is 2.61. The van der Waals surface area contributed by atoms with Crippen molar-refractivity contribution in [2.75, 3.05) is 7.11 Å². The molecule has 0 amide bonds. The van der Waals surface area contributed by atoms with Crippen molar-refractivity contribution in [1.29, 1.82) is 0 Å². The summed E-state index contributed by atoms with van der Waals surface area (Å²) in [5, 5.41) is 7.36. The Labute approximate surface area is 144 Å². The summed E-state index contributed by atoms with van der Waals surface area (Å²) in [4.78, 5) is 0. The van der Waals surface area contributed by atoms with Gasteiger partial charge in [0.25, 0.3) is 0 Å². The van der Waals surface area contributed by atoms with E-state index in [0.29, 0.717) is 17.6 Å². The first-order chi connectivity index (χ1) is 11.1. The van der Waals surface area contributed by atoms with Gasteiger partial charge in [-0.25, -0.2) is 0 Å². The lowest BCUT2D eigenvalue weighted by molar-refractivity contribution is 0.414. The molecule has 0 aliphatic carbocycles. The highest BCUT2D eigenvalue weighted by molar-refractivity contribution is 7.80. The van der Waals surface area contributed by atoms with E-state index in [1.807, 2.05) is 30.3 Å². The summed E-state index contributed by atoms with van der Waals surface area (Å²) in [5.74, 6) is 1.30. The smallest absolute Gasteiger partial charge is 0.167 e. The molecule has 0 heterocycles. The number of nitrogens with one attached hydrogen (secondary N) is 2. The average Bonchev–Trinajstić information content (AvgIpc) is 2.58. The quantitative estimate of drug-likeness (QED) is 0.784. The minimum atomic E-state index is 0.201. The highest BCUT2D eigenvalue weighted by Gasteiger charge is 2.16. The lowest BCUT2D eigenvalue weighted by Crippen LogP contribution is -2.39. The van der Waals surface area contributed by atoms with Gasteiger partial charge in [-0.15, -0.1) is 0 Å². The van der Waals surface area contributed by atoms with Crippen LogP contribution in [0.5, 0.6) is 5.75 Å². The van der Waals surface area contributed by atoms with Crippen molar-refractivity contribution in [2.24, 2.45) is 5.92 Å². The van der Waals surface area contributed by atoms with Gasteiger partial charge in [0.05, 0.1) is 13.2 Å². The Bertz CT molecular complexity index is 611. The van der Waals surface area contributed by atoms with Crippen LogP contribution in [0.25, 0.3) is 0 Å². The SMILES string of the molecule is COc1ccc(CNC(=S)N[C@@H](c2ccccc2)C(C)C)cc1. The zero-order valence-electron chi connectivity index (χ0n) is 13.9. The minimum absolute atomic E-state index is 0.201. The van der Waals surface area contributed by atoms with Crippen LogP contribution in [0.2, 0.25) is 0 Å². The van der Waals surface area contributed by atoms with E-state index in [1.165, 1.54) is 5.56 Å². The van der Waals surface area contributed by atoms with E-state index in [4.69, 9.17) is 17.0 Å². The molecule has 2 aromatic carbocycles. The third kappa shape index (κ3) is 5.25. The number of rotatable bonds is 6. The molecule has 2 aromatic rings. The number of ether oxygens (including phenoxy) is 1. The fraction of sp³-hybridized carbons (Fsp3) is 0.316. The Morgan fingerprint density at radius 2 is 1.70 bits per heavy atom. The Kier molecular flexibility index (Phi) is 6.41. The first-order valence-electron chi connectivity index (χ1n) is 7.82. The van der Waals surface area contributed by atoms with Crippen molar-refractivity contribution in [2.45, 2.75) is 26.4 Å². The predicted molar refractivity (Wildman–Crippen MR) is 99.6 cm³/mol. The maximum atomic E-state index is 5.45. The first-order valence-corrected chi connectivity index (χ1v) is 8.23. The highest BCUT2D eigenvalue weighted by Crippen LogP contribution is 2.21. The van der Waals surface area contributed by atoms with Crippen molar-refractivity contribution < 1.29 is 4.74 Å². The van der Waals surface area contributed by atoms with Crippen LogP contribution in [0, 0.1) is 5.92 Å². The maximum Gasteiger partial charge on any atom is 0.167 e. The average molecular weight is 328 g/mol. The molecular formula is C19H24N2OS. The van der Waals surface area contributed by atoms with Crippen molar-refractivity contribution >= 4 is 17.3 Å². The van der Waals surface area contributed by atoms with E-state index in [0.717, 1.165) is 11.3 Å². The van der Waals surface area contributed by atoms with Gasteiger partial charge in [-0.2, -0.15) is 0 Å². The van der Waals surface area contributed by atoms with E-state index < -0.39 is 0 Å². The molecule has 0 radical (unpaired) electrons. The molecule has 0 bridgehead atoms. The normalized spacial score (nSPS) is 11.8.